The standard InChI is InChI=1S/C23H26ClNO8S/c1-23(2,3)33-22(30)25-9-7-14(8-10-25)32-15-6-4-5-13(11-15)19-17(24)18(31-12-16(26)27)20(34-19)21(28)29/h4-6,11,14H,7-10,12H2,1-3H3,(H,26,27)(H,28,29). The van der Waals surface area contributed by atoms with E-state index in [1.807, 2.05) is 20.8 Å². The highest BCUT2D eigenvalue weighted by Gasteiger charge is 2.28. The molecule has 1 fully saturated rings. The minimum absolute atomic E-state index is 0.0338. The lowest BCUT2D eigenvalue weighted by atomic mass is 10.1. The molecule has 0 atom stereocenters. The topological polar surface area (TPSA) is 123 Å². The molecule has 1 aromatic heterocycles. The van der Waals surface area contributed by atoms with Crippen molar-refractivity contribution in [3.05, 3.63) is 34.2 Å². The van der Waals surface area contributed by atoms with Crippen molar-refractivity contribution in [3.8, 4) is 21.9 Å². The van der Waals surface area contributed by atoms with Gasteiger partial charge in [0.15, 0.2) is 17.2 Å². The van der Waals surface area contributed by atoms with Gasteiger partial charge in [-0.3, -0.25) is 0 Å². The van der Waals surface area contributed by atoms with Crippen LogP contribution in [-0.2, 0) is 9.53 Å². The van der Waals surface area contributed by atoms with E-state index in [-0.39, 0.29) is 27.8 Å². The molecule has 2 N–H and O–H groups in total. The third-order valence-electron chi connectivity index (χ3n) is 4.84. The molecule has 0 radical (unpaired) electrons. The Morgan fingerprint density at radius 2 is 1.85 bits per heavy atom. The van der Waals surface area contributed by atoms with E-state index in [0.717, 1.165) is 11.3 Å². The van der Waals surface area contributed by atoms with E-state index >= 15 is 0 Å². The minimum atomic E-state index is -1.26. The fourth-order valence-electron chi connectivity index (χ4n) is 3.37. The van der Waals surface area contributed by atoms with Crippen molar-refractivity contribution < 1.29 is 38.8 Å². The Hall–Kier alpha value is -2.98. The van der Waals surface area contributed by atoms with Crippen molar-refractivity contribution in [3.63, 3.8) is 0 Å². The SMILES string of the molecule is CC(C)(C)OC(=O)N1CCC(Oc2cccc(-c3sc(C(=O)O)c(OCC(=O)O)c3Cl)c2)CC1. The fourth-order valence-corrected chi connectivity index (χ4v) is 4.77. The number of carboxylic acids is 2. The van der Waals surface area contributed by atoms with Crippen LogP contribution >= 0.6 is 22.9 Å². The molecule has 9 nitrogen and oxygen atoms in total. The van der Waals surface area contributed by atoms with Gasteiger partial charge in [-0.2, -0.15) is 0 Å². The number of rotatable bonds is 7. The van der Waals surface area contributed by atoms with E-state index in [4.69, 9.17) is 30.9 Å². The highest BCUT2D eigenvalue weighted by atomic mass is 35.5. The number of piperidine rings is 1. The molecule has 0 spiro atoms. The summed E-state index contributed by atoms with van der Waals surface area (Å²) in [5.41, 5.74) is 0.0684. The molecule has 11 heteroatoms. The Kier molecular flexibility index (Phi) is 7.93. The van der Waals surface area contributed by atoms with Crippen molar-refractivity contribution in [1.82, 2.24) is 4.90 Å². The van der Waals surface area contributed by atoms with Crippen LogP contribution < -0.4 is 9.47 Å². The molecular formula is C23H26ClNO8S. The summed E-state index contributed by atoms with van der Waals surface area (Å²) in [5, 5.41) is 18.4. The van der Waals surface area contributed by atoms with Gasteiger partial charge in [0, 0.05) is 25.9 Å². The normalized spacial score (nSPS) is 14.5. The number of nitrogens with zero attached hydrogens (tertiary/aromatic N) is 1. The number of carbonyl (C=O) groups excluding carboxylic acids is 1. The van der Waals surface area contributed by atoms with Gasteiger partial charge in [-0.1, -0.05) is 23.7 Å². The van der Waals surface area contributed by atoms with Crippen LogP contribution in [0.5, 0.6) is 11.5 Å². The molecule has 0 unspecified atom stereocenters. The third-order valence-corrected chi connectivity index (χ3v) is 6.52. The quantitative estimate of drug-likeness (QED) is 0.532. The van der Waals surface area contributed by atoms with Crippen LogP contribution in [0.3, 0.4) is 0 Å². The third kappa shape index (κ3) is 6.54. The number of thiophene rings is 1. The largest absolute Gasteiger partial charge is 0.490 e. The van der Waals surface area contributed by atoms with Gasteiger partial charge in [0.1, 0.15) is 22.5 Å². The summed E-state index contributed by atoms with van der Waals surface area (Å²) in [6.07, 6.45) is 0.839. The number of carbonyl (C=O) groups is 3. The van der Waals surface area contributed by atoms with E-state index in [2.05, 4.69) is 0 Å². The smallest absolute Gasteiger partial charge is 0.410 e. The molecule has 1 amide bonds. The number of likely N-dealkylation sites (tertiary alicyclic amines) is 1. The molecule has 2 heterocycles. The number of aliphatic carboxylic acids is 1. The lowest BCUT2D eigenvalue weighted by Gasteiger charge is -2.33. The number of amides is 1. The first-order chi connectivity index (χ1) is 15.9. The summed E-state index contributed by atoms with van der Waals surface area (Å²) >= 11 is 7.26. The zero-order valence-electron chi connectivity index (χ0n) is 19.0. The van der Waals surface area contributed by atoms with E-state index in [0.29, 0.717) is 42.1 Å². The van der Waals surface area contributed by atoms with Crippen LogP contribution in [0.2, 0.25) is 5.02 Å². The lowest BCUT2D eigenvalue weighted by Crippen LogP contribution is -2.44. The molecule has 0 aliphatic carbocycles. The fraction of sp³-hybridized carbons (Fsp3) is 0.435. The molecule has 0 saturated carbocycles. The van der Waals surface area contributed by atoms with Gasteiger partial charge in [-0.15, -0.1) is 11.3 Å². The molecule has 184 valence electrons. The summed E-state index contributed by atoms with van der Waals surface area (Å²) in [6, 6.07) is 7.03. The van der Waals surface area contributed by atoms with Crippen molar-refractivity contribution >= 4 is 41.0 Å². The maximum absolute atomic E-state index is 12.2. The molecule has 1 saturated heterocycles. The minimum Gasteiger partial charge on any atom is -0.490 e. The zero-order chi connectivity index (χ0) is 25.0. The van der Waals surface area contributed by atoms with Crippen LogP contribution in [0.25, 0.3) is 10.4 Å². The van der Waals surface area contributed by atoms with Crippen LogP contribution in [0.4, 0.5) is 4.79 Å². The Morgan fingerprint density at radius 3 is 2.44 bits per heavy atom. The summed E-state index contributed by atoms with van der Waals surface area (Å²) in [7, 11) is 0. The van der Waals surface area contributed by atoms with E-state index in [9.17, 15) is 19.5 Å². The van der Waals surface area contributed by atoms with E-state index in [1.54, 1.807) is 29.2 Å². The van der Waals surface area contributed by atoms with Crippen molar-refractivity contribution in [2.75, 3.05) is 19.7 Å². The Labute approximate surface area is 205 Å². The average Bonchev–Trinajstić information content (AvgIpc) is 3.08. The van der Waals surface area contributed by atoms with E-state index in [1.165, 1.54) is 0 Å². The van der Waals surface area contributed by atoms with Crippen molar-refractivity contribution in [2.24, 2.45) is 0 Å². The number of benzene rings is 1. The van der Waals surface area contributed by atoms with Gasteiger partial charge < -0.3 is 29.3 Å². The maximum atomic E-state index is 12.2. The lowest BCUT2D eigenvalue weighted by molar-refractivity contribution is -0.139. The molecule has 0 bridgehead atoms. The number of hydrogen-bond acceptors (Lipinski definition) is 7. The Morgan fingerprint density at radius 1 is 1.18 bits per heavy atom. The molecule has 1 aliphatic rings. The van der Waals surface area contributed by atoms with Gasteiger partial charge in [-0.05, 0) is 38.5 Å². The molecule has 1 aliphatic heterocycles. The second-order valence-electron chi connectivity index (χ2n) is 8.70. The Balaban J connectivity index is 1.70. The first-order valence-electron chi connectivity index (χ1n) is 10.6. The van der Waals surface area contributed by atoms with Crippen LogP contribution in [0, 0.1) is 0 Å². The zero-order valence-corrected chi connectivity index (χ0v) is 20.6. The van der Waals surface area contributed by atoms with Crippen LogP contribution in [-0.4, -0.2) is 64.5 Å². The molecule has 2 aromatic rings. The monoisotopic (exact) mass is 511 g/mol. The van der Waals surface area contributed by atoms with Gasteiger partial charge in [0.2, 0.25) is 0 Å². The first-order valence-corrected chi connectivity index (χ1v) is 11.8. The summed E-state index contributed by atoms with van der Waals surface area (Å²) in [5.74, 6) is -2.10. The van der Waals surface area contributed by atoms with Gasteiger partial charge in [-0.25, -0.2) is 14.4 Å². The maximum Gasteiger partial charge on any atom is 0.410 e. The predicted octanol–water partition coefficient (Wildman–Crippen LogP) is 5.01. The number of aromatic carboxylic acids is 1. The second-order valence-corrected chi connectivity index (χ2v) is 10.1. The highest BCUT2D eigenvalue weighted by molar-refractivity contribution is 7.18. The summed E-state index contributed by atoms with van der Waals surface area (Å²) in [6.45, 7) is 5.81. The van der Waals surface area contributed by atoms with Crippen LogP contribution in [0.1, 0.15) is 43.3 Å². The summed E-state index contributed by atoms with van der Waals surface area (Å²) in [4.78, 5) is 36.6. The van der Waals surface area contributed by atoms with Gasteiger partial charge in [0.25, 0.3) is 0 Å². The summed E-state index contributed by atoms with van der Waals surface area (Å²) < 4.78 is 16.7. The average molecular weight is 512 g/mol. The predicted molar refractivity (Wildman–Crippen MR) is 126 cm³/mol. The van der Waals surface area contributed by atoms with Crippen LogP contribution in [0.15, 0.2) is 24.3 Å². The first kappa shape index (κ1) is 25.6. The van der Waals surface area contributed by atoms with Crippen molar-refractivity contribution in [1.29, 1.82) is 0 Å². The van der Waals surface area contributed by atoms with Gasteiger partial charge in [0.05, 0.1) is 4.88 Å². The number of ether oxygens (including phenoxy) is 3. The van der Waals surface area contributed by atoms with E-state index < -0.39 is 24.1 Å². The number of halogens is 1. The molecular weight excluding hydrogens is 486 g/mol. The van der Waals surface area contributed by atoms with Gasteiger partial charge >= 0.3 is 18.0 Å². The highest BCUT2D eigenvalue weighted by Crippen LogP contribution is 2.46. The molecule has 34 heavy (non-hydrogen) atoms. The Bertz CT molecular complexity index is 1070. The molecule has 3 rings (SSSR count). The molecule has 1 aromatic carbocycles. The number of hydrogen-bond donors (Lipinski definition) is 2. The number of carboxylic acid groups (broad SMARTS) is 2. The van der Waals surface area contributed by atoms with Crippen molar-refractivity contribution in [2.45, 2.75) is 45.3 Å². The second kappa shape index (κ2) is 10.5.